The van der Waals surface area contributed by atoms with E-state index in [1.54, 1.807) is 18.2 Å². The van der Waals surface area contributed by atoms with Crippen LogP contribution in [0.1, 0.15) is 61.7 Å². The Kier molecular flexibility index (Phi) is 6.81. The Hall–Kier alpha value is -4.88. The standard InChI is InChI=1S/C31H26FN5O4/c32-24-12-19(15-36-16-22(17-36)20-7-4-18(13-33)5-8-20)6-9-21(24)14-34-25-3-1-2-23-28(25)31(41)37(30(23)40)26-10-11-27(38)35-29(26)39/h1-9,12,22,26,34H,10-11,14-17H2,(H,35,38,39). The van der Waals surface area contributed by atoms with E-state index < -0.39 is 29.7 Å². The first kappa shape index (κ1) is 26.3. The molecule has 0 aliphatic carbocycles. The van der Waals surface area contributed by atoms with Crippen LogP contribution in [0.3, 0.4) is 0 Å². The van der Waals surface area contributed by atoms with Gasteiger partial charge >= 0.3 is 0 Å². The topological polar surface area (TPSA) is 123 Å². The summed E-state index contributed by atoms with van der Waals surface area (Å²) in [5, 5.41) is 14.2. The van der Waals surface area contributed by atoms with Crippen LogP contribution in [0.15, 0.2) is 60.7 Å². The predicted octanol–water partition coefficient (Wildman–Crippen LogP) is 3.31. The number of likely N-dealkylation sites (tertiary alicyclic amines) is 1. The van der Waals surface area contributed by atoms with Crippen LogP contribution < -0.4 is 10.6 Å². The van der Waals surface area contributed by atoms with Crippen molar-refractivity contribution in [3.8, 4) is 6.07 Å². The Morgan fingerprint density at radius 3 is 2.49 bits per heavy atom. The molecule has 10 heteroatoms. The number of hydrogen-bond donors (Lipinski definition) is 2. The fraction of sp³-hybridized carbons (Fsp3) is 0.258. The number of nitrogens with one attached hydrogen (secondary N) is 2. The molecule has 4 amide bonds. The SMILES string of the molecule is N#Cc1ccc(C2CN(Cc3ccc(CNc4cccc5c4C(=O)N(C4CCC(=O)NC4=O)C5=O)c(F)c3)C2)cc1. The largest absolute Gasteiger partial charge is 0.380 e. The monoisotopic (exact) mass is 551 g/mol. The lowest BCUT2D eigenvalue weighted by Crippen LogP contribution is -2.54. The van der Waals surface area contributed by atoms with Crippen LogP contribution in [0.4, 0.5) is 10.1 Å². The fourth-order valence-corrected chi connectivity index (χ4v) is 5.68. The molecule has 1 atom stereocenters. The molecule has 1 unspecified atom stereocenters. The van der Waals surface area contributed by atoms with Gasteiger partial charge in [0, 0.05) is 49.8 Å². The summed E-state index contributed by atoms with van der Waals surface area (Å²) in [7, 11) is 0. The summed E-state index contributed by atoms with van der Waals surface area (Å²) >= 11 is 0. The highest BCUT2D eigenvalue weighted by atomic mass is 19.1. The van der Waals surface area contributed by atoms with Gasteiger partial charge in [0.15, 0.2) is 0 Å². The number of fused-ring (bicyclic) bond motifs is 1. The van der Waals surface area contributed by atoms with Crippen molar-refractivity contribution in [2.45, 2.75) is 37.9 Å². The van der Waals surface area contributed by atoms with E-state index in [-0.39, 0.29) is 36.3 Å². The van der Waals surface area contributed by atoms with Gasteiger partial charge in [0.1, 0.15) is 11.9 Å². The number of rotatable bonds is 7. The summed E-state index contributed by atoms with van der Waals surface area (Å²) in [5.74, 6) is -2.30. The highest BCUT2D eigenvalue weighted by molar-refractivity contribution is 6.25. The maximum absolute atomic E-state index is 15.0. The summed E-state index contributed by atoms with van der Waals surface area (Å²) < 4.78 is 15.0. The van der Waals surface area contributed by atoms with Crippen LogP contribution in [0.2, 0.25) is 0 Å². The lowest BCUT2D eigenvalue weighted by atomic mass is 9.90. The van der Waals surface area contributed by atoms with E-state index in [9.17, 15) is 19.2 Å². The highest BCUT2D eigenvalue weighted by Crippen LogP contribution is 2.33. The molecule has 9 nitrogen and oxygen atoms in total. The lowest BCUT2D eigenvalue weighted by Gasteiger charge is -2.39. The number of nitrogens with zero attached hydrogens (tertiary/aromatic N) is 3. The molecule has 2 N–H and O–H groups in total. The molecule has 0 spiro atoms. The van der Waals surface area contributed by atoms with Gasteiger partial charge in [-0.3, -0.25) is 34.3 Å². The molecule has 41 heavy (non-hydrogen) atoms. The van der Waals surface area contributed by atoms with Gasteiger partial charge in [-0.1, -0.05) is 30.3 Å². The molecule has 3 aliphatic heterocycles. The van der Waals surface area contributed by atoms with Crippen molar-refractivity contribution in [1.29, 1.82) is 5.26 Å². The first-order valence-electron chi connectivity index (χ1n) is 13.4. The van der Waals surface area contributed by atoms with Crippen LogP contribution in [0.25, 0.3) is 0 Å². The quantitative estimate of drug-likeness (QED) is 0.432. The first-order chi connectivity index (χ1) is 19.8. The van der Waals surface area contributed by atoms with Crippen LogP contribution in [-0.2, 0) is 22.7 Å². The number of carbonyl (C=O) groups is 4. The third-order valence-corrected chi connectivity index (χ3v) is 7.93. The van der Waals surface area contributed by atoms with Crippen molar-refractivity contribution >= 4 is 29.3 Å². The predicted molar refractivity (Wildman–Crippen MR) is 146 cm³/mol. The Bertz CT molecular complexity index is 1620. The molecule has 2 saturated heterocycles. The molecule has 3 aromatic rings. The molecular weight excluding hydrogens is 525 g/mol. The van der Waals surface area contributed by atoms with E-state index >= 15 is 4.39 Å². The molecule has 0 radical (unpaired) electrons. The van der Waals surface area contributed by atoms with Crippen molar-refractivity contribution in [3.05, 3.63) is 99.9 Å². The minimum absolute atomic E-state index is 0.0413. The second kappa shape index (κ2) is 10.6. The van der Waals surface area contributed by atoms with Gasteiger partial charge in [-0.2, -0.15) is 5.26 Å². The maximum atomic E-state index is 15.0. The average molecular weight is 552 g/mol. The number of benzene rings is 3. The average Bonchev–Trinajstić information content (AvgIpc) is 3.20. The smallest absolute Gasteiger partial charge is 0.264 e. The van der Waals surface area contributed by atoms with Crippen molar-refractivity contribution in [2.24, 2.45) is 0 Å². The number of amides is 4. The Morgan fingerprint density at radius 1 is 1.00 bits per heavy atom. The fourth-order valence-electron chi connectivity index (χ4n) is 5.68. The van der Waals surface area contributed by atoms with Crippen molar-refractivity contribution in [1.82, 2.24) is 15.1 Å². The van der Waals surface area contributed by atoms with E-state index in [4.69, 9.17) is 5.26 Å². The first-order valence-corrected chi connectivity index (χ1v) is 13.4. The summed E-state index contributed by atoms with van der Waals surface area (Å²) in [6.45, 7) is 2.43. The van der Waals surface area contributed by atoms with Gasteiger partial charge in [-0.15, -0.1) is 0 Å². The van der Waals surface area contributed by atoms with Gasteiger partial charge in [0.25, 0.3) is 11.8 Å². The molecule has 0 bridgehead atoms. The number of anilines is 1. The Morgan fingerprint density at radius 2 is 1.78 bits per heavy atom. The lowest BCUT2D eigenvalue weighted by molar-refractivity contribution is -0.136. The number of carbonyl (C=O) groups excluding carboxylic acids is 4. The Balaban J connectivity index is 1.09. The van der Waals surface area contributed by atoms with Crippen LogP contribution in [0, 0.1) is 17.1 Å². The van der Waals surface area contributed by atoms with E-state index in [1.807, 2.05) is 30.3 Å². The van der Waals surface area contributed by atoms with Crippen LogP contribution >= 0.6 is 0 Å². The molecule has 0 aromatic heterocycles. The molecule has 3 aliphatic rings. The van der Waals surface area contributed by atoms with Gasteiger partial charge in [0.05, 0.1) is 22.8 Å². The molecular formula is C31H26FN5O4. The third-order valence-electron chi connectivity index (χ3n) is 7.93. The summed E-state index contributed by atoms with van der Waals surface area (Å²) in [6, 6.07) is 18.6. The summed E-state index contributed by atoms with van der Waals surface area (Å²) in [4.78, 5) is 53.3. The molecule has 3 heterocycles. The molecule has 0 saturated carbocycles. The van der Waals surface area contributed by atoms with Gasteiger partial charge in [0.2, 0.25) is 11.8 Å². The molecule has 6 rings (SSSR count). The number of halogens is 1. The third kappa shape index (κ3) is 4.96. The van der Waals surface area contributed by atoms with Gasteiger partial charge < -0.3 is 5.32 Å². The number of imide groups is 2. The van der Waals surface area contributed by atoms with E-state index in [0.717, 1.165) is 23.6 Å². The van der Waals surface area contributed by atoms with Crippen LogP contribution in [-0.4, -0.2) is 52.6 Å². The second-order valence-corrected chi connectivity index (χ2v) is 10.6. The maximum Gasteiger partial charge on any atom is 0.264 e. The Labute approximate surface area is 235 Å². The number of nitriles is 1. The van der Waals surface area contributed by atoms with Crippen molar-refractivity contribution < 1.29 is 23.6 Å². The molecule has 3 aromatic carbocycles. The van der Waals surface area contributed by atoms with E-state index in [0.29, 0.717) is 29.3 Å². The van der Waals surface area contributed by atoms with E-state index in [1.165, 1.54) is 17.7 Å². The summed E-state index contributed by atoms with van der Waals surface area (Å²) in [6.07, 6.45) is 0.115. The number of piperidine rings is 1. The minimum Gasteiger partial charge on any atom is -0.380 e. The second-order valence-electron chi connectivity index (χ2n) is 10.6. The van der Waals surface area contributed by atoms with Gasteiger partial charge in [-0.25, -0.2) is 4.39 Å². The minimum atomic E-state index is -1.05. The normalized spacial score (nSPS) is 19.0. The van der Waals surface area contributed by atoms with Gasteiger partial charge in [-0.05, 0) is 47.9 Å². The zero-order valence-corrected chi connectivity index (χ0v) is 22.0. The van der Waals surface area contributed by atoms with Crippen molar-refractivity contribution in [2.75, 3.05) is 18.4 Å². The highest BCUT2D eigenvalue weighted by Gasteiger charge is 2.45. The molecule has 2 fully saturated rings. The number of hydrogen-bond acceptors (Lipinski definition) is 7. The zero-order valence-electron chi connectivity index (χ0n) is 22.0. The van der Waals surface area contributed by atoms with Crippen LogP contribution in [0.5, 0.6) is 0 Å². The molecule has 206 valence electrons. The van der Waals surface area contributed by atoms with Crippen molar-refractivity contribution in [3.63, 3.8) is 0 Å². The summed E-state index contributed by atoms with van der Waals surface area (Å²) in [5.41, 5.74) is 3.76. The zero-order chi connectivity index (χ0) is 28.7. The van der Waals surface area contributed by atoms with E-state index in [2.05, 4.69) is 21.6 Å².